The van der Waals surface area contributed by atoms with Crippen LogP contribution >= 0.6 is 0 Å². The number of piperazine rings is 1. The maximum Gasteiger partial charge on any atom is 0.0244 e. The molecule has 110 valence electrons. The van der Waals surface area contributed by atoms with E-state index in [0.717, 1.165) is 12.5 Å². The SMILES string of the molecule is CC1CNC(C(C)(C)C)CN1CC1Cc2ccccc21. The quantitative estimate of drug-likeness (QED) is 0.890. The van der Waals surface area contributed by atoms with Gasteiger partial charge in [0.25, 0.3) is 0 Å². The van der Waals surface area contributed by atoms with Gasteiger partial charge in [-0.1, -0.05) is 45.0 Å². The first-order chi connectivity index (χ1) is 9.45. The summed E-state index contributed by atoms with van der Waals surface area (Å²) in [6.45, 7) is 12.9. The molecule has 0 spiro atoms. The van der Waals surface area contributed by atoms with Crippen molar-refractivity contribution in [1.29, 1.82) is 0 Å². The van der Waals surface area contributed by atoms with Crippen LogP contribution in [-0.2, 0) is 6.42 Å². The zero-order chi connectivity index (χ0) is 14.3. The molecule has 1 N–H and O–H groups in total. The molecule has 1 aliphatic heterocycles. The monoisotopic (exact) mass is 272 g/mol. The Balaban J connectivity index is 1.65. The summed E-state index contributed by atoms with van der Waals surface area (Å²) in [4.78, 5) is 2.70. The fraction of sp³-hybridized carbons (Fsp3) is 0.667. The Morgan fingerprint density at radius 2 is 2.00 bits per heavy atom. The second-order valence-electron chi connectivity index (χ2n) is 7.73. The first-order valence-corrected chi connectivity index (χ1v) is 8.00. The van der Waals surface area contributed by atoms with E-state index in [1.165, 1.54) is 19.5 Å². The minimum Gasteiger partial charge on any atom is -0.311 e. The number of rotatable bonds is 2. The van der Waals surface area contributed by atoms with Gasteiger partial charge in [0.2, 0.25) is 0 Å². The van der Waals surface area contributed by atoms with Crippen LogP contribution in [0.4, 0.5) is 0 Å². The maximum absolute atomic E-state index is 3.73. The van der Waals surface area contributed by atoms with Crippen LogP contribution in [0.3, 0.4) is 0 Å². The molecule has 3 rings (SSSR count). The summed E-state index contributed by atoms with van der Waals surface area (Å²) in [6, 6.07) is 10.2. The molecule has 1 aromatic rings. The normalized spacial score (nSPS) is 30.7. The number of hydrogen-bond acceptors (Lipinski definition) is 2. The van der Waals surface area contributed by atoms with Crippen molar-refractivity contribution < 1.29 is 0 Å². The van der Waals surface area contributed by atoms with Gasteiger partial charge < -0.3 is 5.32 Å². The zero-order valence-corrected chi connectivity index (χ0v) is 13.3. The number of benzene rings is 1. The van der Waals surface area contributed by atoms with Crippen LogP contribution < -0.4 is 5.32 Å². The highest BCUT2D eigenvalue weighted by atomic mass is 15.2. The highest BCUT2D eigenvalue weighted by molar-refractivity contribution is 5.40. The predicted molar refractivity (Wildman–Crippen MR) is 85.2 cm³/mol. The van der Waals surface area contributed by atoms with Gasteiger partial charge in [0, 0.05) is 37.6 Å². The fourth-order valence-corrected chi connectivity index (χ4v) is 3.56. The number of hydrogen-bond donors (Lipinski definition) is 1. The Kier molecular flexibility index (Phi) is 3.64. The molecule has 0 radical (unpaired) electrons. The minimum atomic E-state index is 0.343. The van der Waals surface area contributed by atoms with Gasteiger partial charge in [-0.2, -0.15) is 0 Å². The molecule has 0 bridgehead atoms. The van der Waals surface area contributed by atoms with Crippen molar-refractivity contribution in [3.05, 3.63) is 35.4 Å². The number of nitrogens with one attached hydrogen (secondary N) is 1. The molecule has 20 heavy (non-hydrogen) atoms. The second-order valence-corrected chi connectivity index (χ2v) is 7.73. The highest BCUT2D eigenvalue weighted by Gasteiger charge is 2.35. The standard InChI is InChI=1S/C18H28N2/c1-13-10-19-17(18(2,3)4)12-20(13)11-15-9-14-7-5-6-8-16(14)15/h5-8,13,15,17,19H,9-12H2,1-4H3. The molecular formula is C18H28N2. The van der Waals surface area contributed by atoms with E-state index < -0.39 is 0 Å². The molecule has 0 aromatic heterocycles. The Bertz CT molecular complexity index is 475. The lowest BCUT2D eigenvalue weighted by Gasteiger charge is -2.46. The Morgan fingerprint density at radius 3 is 2.70 bits per heavy atom. The summed E-state index contributed by atoms with van der Waals surface area (Å²) in [6.07, 6.45) is 1.27. The first kappa shape index (κ1) is 14.1. The van der Waals surface area contributed by atoms with Crippen LogP contribution in [0, 0.1) is 5.41 Å². The van der Waals surface area contributed by atoms with E-state index in [2.05, 4.69) is 62.2 Å². The molecule has 1 heterocycles. The predicted octanol–water partition coefficient (Wildman–Crippen LogP) is 3.03. The minimum absolute atomic E-state index is 0.343. The lowest BCUT2D eigenvalue weighted by molar-refractivity contribution is 0.0859. The van der Waals surface area contributed by atoms with E-state index in [4.69, 9.17) is 0 Å². The third-order valence-electron chi connectivity index (χ3n) is 5.16. The van der Waals surface area contributed by atoms with Crippen LogP contribution in [0.25, 0.3) is 0 Å². The molecule has 3 atom stereocenters. The Morgan fingerprint density at radius 1 is 1.25 bits per heavy atom. The van der Waals surface area contributed by atoms with Crippen LogP contribution in [0.15, 0.2) is 24.3 Å². The third-order valence-corrected chi connectivity index (χ3v) is 5.16. The van der Waals surface area contributed by atoms with Crippen molar-refractivity contribution in [1.82, 2.24) is 10.2 Å². The van der Waals surface area contributed by atoms with E-state index in [9.17, 15) is 0 Å². The van der Waals surface area contributed by atoms with Gasteiger partial charge >= 0.3 is 0 Å². The van der Waals surface area contributed by atoms with Gasteiger partial charge in [-0.3, -0.25) is 4.90 Å². The van der Waals surface area contributed by atoms with E-state index in [1.807, 2.05) is 0 Å². The van der Waals surface area contributed by atoms with Gasteiger partial charge in [-0.25, -0.2) is 0 Å². The molecule has 1 aliphatic carbocycles. The second kappa shape index (κ2) is 5.16. The Labute approximate surface area is 123 Å². The lowest BCUT2D eigenvalue weighted by atomic mass is 9.76. The van der Waals surface area contributed by atoms with Crippen molar-refractivity contribution in [2.24, 2.45) is 5.41 Å². The topological polar surface area (TPSA) is 15.3 Å². The molecule has 1 saturated heterocycles. The van der Waals surface area contributed by atoms with Gasteiger partial charge in [0.15, 0.2) is 0 Å². The fourth-order valence-electron chi connectivity index (χ4n) is 3.56. The smallest absolute Gasteiger partial charge is 0.0244 e. The maximum atomic E-state index is 3.73. The van der Waals surface area contributed by atoms with Crippen molar-refractivity contribution in [2.45, 2.75) is 52.1 Å². The summed E-state index contributed by atoms with van der Waals surface area (Å²) in [5, 5.41) is 3.73. The molecule has 2 heteroatoms. The zero-order valence-electron chi connectivity index (χ0n) is 13.3. The third kappa shape index (κ3) is 2.64. The molecule has 0 saturated carbocycles. The molecule has 1 aromatic carbocycles. The molecule has 2 aliphatic rings. The van der Waals surface area contributed by atoms with E-state index >= 15 is 0 Å². The average Bonchev–Trinajstić information content (AvgIpc) is 2.36. The van der Waals surface area contributed by atoms with Crippen molar-refractivity contribution in [3.63, 3.8) is 0 Å². The summed E-state index contributed by atoms with van der Waals surface area (Å²) >= 11 is 0. The first-order valence-electron chi connectivity index (χ1n) is 8.00. The molecule has 1 fully saturated rings. The van der Waals surface area contributed by atoms with Crippen molar-refractivity contribution in [3.8, 4) is 0 Å². The van der Waals surface area contributed by atoms with Crippen LogP contribution in [0.1, 0.15) is 44.7 Å². The molecular weight excluding hydrogens is 244 g/mol. The largest absolute Gasteiger partial charge is 0.311 e. The van der Waals surface area contributed by atoms with Gasteiger partial charge in [0.1, 0.15) is 0 Å². The van der Waals surface area contributed by atoms with E-state index in [1.54, 1.807) is 11.1 Å². The molecule has 0 amide bonds. The average molecular weight is 272 g/mol. The summed E-state index contributed by atoms with van der Waals surface area (Å²) < 4.78 is 0. The highest BCUT2D eigenvalue weighted by Crippen LogP contribution is 2.36. The summed E-state index contributed by atoms with van der Waals surface area (Å²) in [5.74, 6) is 0.757. The molecule has 3 unspecified atom stereocenters. The van der Waals surface area contributed by atoms with Gasteiger partial charge in [0.05, 0.1) is 0 Å². The van der Waals surface area contributed by atoms with Crippen LogP contribution in [0.5, 0.6) is 0 Å². The van der Waals surface area contributed by atoms with E-state index in [0.29, 0.717) is 17.5 Å². The van der Waals surface area contributed by atoms with Crippen LogP contribution in [-0.4, -0.2) is 36.6 Å². The van der Waals surface area contributed by atoms with Gasteiger partial charge in [-0.15, -0.1) is 0 Å². The lowest BCUT2D eigenvalue weighted by Crippen LogP contribution is -2.60. The summed E-state index contributed by atoms with van der Waals surface area (Å²) in [7, 11) is 0. The van der Waals surface area contributed by atoms with Crippen molar-refractivity contribution >= 4 is 0 Å². The van der Waals surface area contributed by atoms with Crippen molar-refractivity contribution in [2.75, 3.05) is 19.6 Å². The van der Waals surface area contributed by atoms with E-state index in [-0.39, 0.29) is 0 Å². The molecule has 2 nitrogen and oxygen atoms in total. The number of fused-ring (bicyclic) bond motifs is 1. The van der Waals surface area contributed by atoms with Gasteiger partial charge in [-0.05, 0) is 29.9 Å². The number of nitrogens with zero attached hydrogens (tertiary/aromatic N) is 1. The van der Waals surface area contributed by atoms with Crippen LogP contribution in [0.2, 0.25) is 0 Å². The Hall–Kier alpha value is -0.860. The summed E-state index contributed by atoms with van der Waals surface area (Å²) in [5.41, 5.74) is 3.49.